The molecule has 1 N–H and O–H groups in total. The first-order chi connectivity index (χ1) is 13.2. The number of aromatic nitrogens is 3. The standard InChI is InChI=1S/C20H19ClN4OS/c21-18-6-5-17(27-18)16-4-1-12(9-22-16)10-25-8-7-15-14(11-25)20(26)24-19(23-15)13-2-3-13/h1,4-6,9,13H,2-3,7-8,10-11H2,(H,23,24,26). The lowest BCUT2D eigenvalue weighted by Gasteiger charge is -2.27. The summed E-state index contributed by atoms with van der Waals surface area (Å²) in [7, 11) is 0. The van der Waals surface area contributed by atoms with Crippen molar-refractivity contribution in [3.05, 3.63) is 67.8 Å². The number of H-pyrrole nitrogens is 1. The van der Waals surface area contributed by atoms with Crippen molar-refractivity contribution in [3.63, 3.8) is 0 Å². The molecule has 1 fully saturated rings. The fraction of sp³-hybridized carbons (Fsp3) is 0.350. The van der Waals surface area contributed by atoms with E-state index in [0.29, 0.717) is 12.5 Å². The van der Waals surface area contributed by atoms with E-state index in [4.69, 9.17) is 16.6 Å². The van der Waals surface area contributed by atoms with Crippen LogP contribution in [0.2, 0.25) is 4.34 Å². The third-order valence-corrected chi connectivity index (χ3v) is 6.44. The number of fused-ring (bicyclic) bond motifs is 1. The van der Waals surface area contributed by atoms with Crippen LogP contribution in [0.5, 0.6) is 0 Å². The van der Waals surface area contributed by atoms with Gasteiger partial charge in [-0.3, -0.25) is 14.7 Å². The molecule has 7 heteroatoms. The molecular weight excluding hydrogens is 380 g/mol. The molecule has 1 aliphatic heterocycles. The number of hydrogen-bond donors (Lipinski definition) is 1. The average molecular weight is 399 g/mol. The highest BCUT2D eigenvalue weighted by molar-refractivity contribution is 7.19. The van der Waals surface area contributed by atoms with Crippen LogP contribution >= 0.6 is 22.9 Å². The van der Waals surface area contributed by atoms with Crippen molar-refractivity contribution in [1.82, 2.24) is 19.9 Å². The van der Waals surface area contributed by atoms with Crippen LogP contribution in [0, 0.1) is 0 Å². The van der Waals surface area contributed by atoms with Gasteiger partial charge in [0.1, 0.15) is 5.82 Å². The van der Waals surface area contributed by atoms with Crippen LogP contribution in [0.4, 0.5) is 0 Å². The molecule has 3 aromatic rings. The van der Waals surface area contributed by atoms with E-state index >= 15 is 0 Å². The first-order valence-corrected chi connectivity index (χ1v) is 10.4. The lowest BCUT2D eigenvalue weighted by atomic mass is 10.1. The van der Waals surface area contributed by atoms with E-state index in [-0.39, 0.29) is 5.56 Å². The molecule has 27 heavy (non-hydrogen) atoms. The van der Waals surface area contributed by atoms with Crippen LogP contribution in [0.25, 0.3) is 10.6 Å². The highest BCUT2D eigenvalue weighted by Gasteiger charge is 2.29. The largest absolute Gasteiger partial charge is 0.310 e. The Bertz CT molecular complexity index is 1040. The molecule has 138 valence electrons. The number of nitrogens with zero attached hydrogens (tertiary/aromatic N) is 3. The summed E-state index contributed by atoms with van der Waals surface area (Å²) in [5.74, 6) is 1.37. The van der Waals surface area contributed by atoms with Crippen LogP contribution in [0.15, 0.2) is 35.3 Å². The van der Waals surface area contributed by atoms with E-state index in [1.807, 2.05) is 24.4 Å². The lowest BCUT2D eigenvalue weighted by molar-refractivity contribution is 0.241. The Morgan fingerprint density at radius 3 is 2.85 bits per heavy atom. The van der Waals surface area contributed by atoms with Gasteiger partial charge in [0.05, 0.1) is 26.2 Å². The molecular formula is C20H19ClN4OS. The smallest absolute Gasteiger partial charge is 0.255 e. The molecule has 1 aliphatic carbocycles. The van der Waals surface area contributed by atoms with E-state index in [9.17, 15) is 4.79 Å². The van der Waals surface area contributed by atoms with Crippen LogP contribution in [-0.4, -0.2) is 26.4 Å². The summed E-state index contributed by atoms with van der Waals surface area (Å²) in [6, 6.07) is 8.02. The fourth-order valence-corrected chi connectivity index (χ4v) is 4.58. The molecule has 0 amide bonds. The number of pyridine rings is 1. The Hall–Kier alpha value is -2.02. The van der Waals surface area contributed by atoms with E-state index < -0.39 is 0 Å². The minimum Gasteiger partial charge on any atom is -0.310 e. The fourth-order valence-electron chi connectivity index (χ4n) is 3.56. The van der Waals surface area contributed by atoms with Crippen molar-refractivity contribution in [2.45, 2.75) is 38.3 Å². The van der Waals surface area contributed by atoms with Crippen molar-refractivity contribution in [1.29, 1.82) is 0 Å². The van der Waals surface area contributed by atoms with Crippen molar-refractivity contribution < 1.29 is 0 Å². The molecule has 0 bridgehead atoms. The van der Waals surface area contributed by atoms with Crippen molar-refractivity contribution in [2.24, 2.45) is 0 Å². The zero-order valence-electron chi connectivity index (χ0n) is 14.7. The molecule has 0 atom stereocenters. The van der Waals surface area contributed by atoms with Gasteiger partial charge in [-0.1, -0.05) is 17.7 Å². The van der Waals surface area contributed by atoms with Crippen molar-refractivity contribution in [2.75, 3.05) is 6.54 Å². The van der Waals surface area contributed by atoms with Crippen LogP contribution < -0.4 is 5.56 Å². The predicted octanol–water partition coefficient (Wildman–Crippen LogP) is 3.98. The molecule has 1 saturated carbocycles. The van der Waals surface area contributed by atoms with E-state index in [0.717, 1.165) is 69.9 Å². The quantitative estimate of drug-likeness (QED) is 0.722. The Balaban J connectivity index is 1.30. The maximum Gasteiger partial charge on any atom is 0.255 e. The number of thiophene rings is 1. The summed E-state index contributed by atoms with van der Waals surface area (Å²) >= 11 is 7.54. The van der Waals surface area contributed by atoms with Gasteiger partial charge in [-0.15, -0.1) is 11.3 Å². The predicted molar refractivity (Wildman–Crippen MR) is 107 cm³/mol. The zero-order valence-corrected chi connectivity index (χ0v) is 16.3. The molecule has 0 unspecified atom stereocenters. The van der Waals surface area contributed by atoms with Gasteiger partial charge in [-0.05, 0) is 36.6 Å². The van der Waals surface area contributed by atoms with Crippen molar-refractivity contribution in [3.8, 4) is 10.6 Å². The summed E-state index contributed by atoms with van der Waals surface area (Å²) in [6.07, 6.45) is 5.04. The van der Waals surface area contributed by atoms with E-state index in [1.54, 1.807) is 0 Å². The third-order valence-electron chi connectivity index (χ3n) is 5.19. The Labute approximate surface area is 166 Å². The normalized spacial score (nSPS) is 17.1. The monoisotopic (exact) mass is 398 g/mol. The molecule has 5 rings (SSSR count). The second kappa shape index (κ2) is 6.86. The summed E-state index contributed by atoms with van der Waals surface area (Å²) in [4.78, 5) is 28.1. The van der Waals surface area contributed by atoms with Gasteiger partial charge in [0, 0.05) is 38.2 Å². The molecule has 3 aromatic heterocycles. The number of aromatic amines is 1. The molecule has 5 nitrogen and oxygen atoms in total. The minimum atomic E-state index is 0.0367. The highest BCUT2D eigenvalue weighted by atomic mass is 35.5. The third kappa shape index (κ3) is 3.57. The number of hydrogen-bond acceptors (Lipinski definition) is 5. The number of nitrogens with one attached hydrogen (secondary N) is 1. The van der Waals surface area contributed by atoms with Crippen molar-refractivity contribution >= 4 is 22.9 Å². The zero-order chi connectivity index (χ0) is 18.4. The average Bonchev–Trinajstić information content (AvgIpc) is 3.44. The Morgan fingerprint density at radius 2 is 2.15 bits per heavy atom. The van der Waals surface area contributed by atoms with Gasteiger partial charge in [0.2, 0.25) is 0 Å². The summed E-state index contributed by atoms with van der Waals surface area (Å²) in [6.45, 7) is 2.34. The highest BCUT2D eigenvalue weighted by Crippen LogP contribution is 2.38. The van der Waals surface area contributed by atoms with Crippen LogP contribution in [-0.2, 0) is 19.5 Å². The molecule has 0 spiro atoms. The van der Waals surface area contributed by atoms with E-state index in [1.165, 1.54) is 11.3 Å². The molecule has 0 aromatic carbocycles. The molecule has 0 radical (unpaired) electrons. The topological polar surface area (TPSA) is 61.9 Å². The number of halogens is 1. The van der Waals surface area contributed by atoms with Gasteiger partial charge in [-0.2, -0.15) is 0 Å². The molecule has 0 saturated heterocycles. The second-order valence-electron chi connectivity index (χ2n) is 7.27. The summed E-state index contributed by atoms with van der Waals surface area (Å²) < 4.78 is 0.770. The van der Waals surface area contributed by atoms with Gasteiger partial charge >= 0.3 is 0 Å². The van der Waals surface area contributed by atoms with Gasteiger partial charge < -0.3 is 4.98 Å². The maximum atomic E-state index is 12.5. The number of rotatable bonds is 4. The molecule has 2 aliphatic rings. The van der Waals surface area contributed by atoms with Gasteiger partial charge in [0.25, 0.3) is 5.56 Å². The Morgan fingerprint density at radius 1 is 1.26 bits per heavy atom. The van der Waals surface area contributed by atoms with Gasteiger partial charge in [0.15, 0.2) is 0 Å². The maximum absolute atomic E-state index is 12.5. The van der Waals surface area contributed by atoms with Crippen LogP contribution in [0.3, 0.4) is 0 Å². The first kappa shape index (κ1) is 17.1. The SMILES string of the molecule is O=c1[nH]c(C2CC2)nc2c1CN(Cc1ccc(-c3ccc(Cl)s3)nc1)CC2. The Kier molecular flexibility index (Phi) is 4.34. The lowest BCUT2D eigenvalue weighted by Crippen LogP contribution is -2.35. The minimum absolute atomic E-state index is 0.0367. The van der Waals surface area contributed by atoms with Crippen LogP contribution in [0.1, 0.15) is 41.4 Å². The van der Waals surface area contributed by atoms with E-state index in [2.05, 4.69) is 20.9 Å². The summed E-state index contributed by atoms with van der Waals surface area (Å²) in [5.41, 5.74) is 3.93. The van der Waals surface area contributed by atoms with Gasteiger partial charge in [-0.25, -0.2) is 4.98 Å². The molecule has 4 heterocycles. The summed E-state index contributed by atoms with van der Waals surface area (Å²) in [5, 5.41) is 0. The first-order valence-electron chi connectivity index (χ1n) is 9.20. The second-order valence-corrected chi connectivity index (χ2v) is 8.98.